The van der Waals surface area contributed by atoms with Gasteiger partial charge in [0.2, 0.25) is 5.75 Å². The lowest BCUT2D eigenvalue weighted by Crippen LogP contribution is -2.20. The monoisotopic (exact) mass is 420 g/mol. The van der Waals surface area contributed by atoms with E-state index in [9.17, 15) is 18.0 Å². The van der Waals surface area contributed by atoms with E-state index in [1.807, 2.05) is 0 Å². The SMILES string of the molecule is COc1cc(-n2c(Nc3cccc(C(F)(F)F)c3)cccc2=O)cc(OC)c1OC. The van der Waals surface area contributed by atoms with E-state index in [0.717, 1.165) is 12.1 Å². The first-order valence-corrected chi connectivity index (χ1v) is 8.75. The second-order valence-corrected chi connectivity index (χ2v) is 6.17. The van der Waals surface area contributed by atoms with Gasteiger partial charge in [-0.1, -0.05) is 12.1 Å². The van der Waals surface area contributed by atoms with Crippen molar-refractivity contribution in [1.29, 1.82) is 0 Å². The maximum atomic E-state index is 13.0. The van der Waals surface area contributed by atoms with Gasteiger partial charge in [-0.2, -0.15) is 13.2 Å². The van der Waals surface area contributed by atoms with Gasteiger partial charge in [0.1, 0.15) is 5.82 Å². The van der Waals surface area contributed by atoms with Crippen LogP contribution in [0, 0.1) is 0 Å². The fraction of sp³-hybridized carbons (Fsp3) is 0.190. The zero-order valence-electron chi connectivity index (χ0n) is 16.4. The fourth-order valence-electron chi connectivity index (χ4n) is 2.97. The van der Waals surface area contributed by atoms with Crippen LogP contribution in [0.1, 0.15) is 5.56 Å². The number of nitrogens with one attached hydrogen (secondary N) is 1. The number of anilines is 2. The molecule has 30 heavy (non-hydrogen) atoms. The van der Waals surface area contributed by atoms with Crippen molar-refractivity contribution in [2.75, 3.05) is 26.6 Å². The van der Waals surface area contributed by atoms with Crippen LogP contribution in [0.25, 0.3) is 5.69 Å². The number of alkyl halides is 3. The smallest absolute Gasteiger partial charge is 0.416 e. The summed E-state index contributed by atoms with van der Waals surface area (Å²) in [6.07, 6.45) is -4.48. The number of nitrogens with zero attached hydrogens (tertiary/aromatic N) is 1. The van der Waals surface area contributed by atoms with Gasteiger partial charge in [0.15, 0.2) is 11.5 Å². The Balaban J connectivity index is 2.13. The van der Waals surface area contributed by atoms with Crippen LogP contribution in [-0.2, 0) is 6.18 Å². The summed E-state index contributed by atoms with van der Waals surface area (Å²) >= 11 is 0. The third-order valence-electron chi connectivity index (χ3n) is 4.32. The molecule has 0 amide bonds. The molecule has 0 aliphatic heterocycles. The molecule has 0 atom stereocenters. The second-order valence-electron chi connectivity index (χ2n) is 6.17. The molecule has 158 valence electrons. The predicted molar refractivity (Wildman–Crippen MR) is 106 cm³/mol. The van der Waals surface area contributed by atoms with E-state index in [1.54, 1.807) is 18.2 Å². The number of benzene rings is 2. The van der Waals surface area contributed by atoms with Crippen LogP contribution >= 0.6 is 0 Å². The van der Waals surface area contributed by atoms with E-state index in [1.165, 1.54) is 50.2 Å². The van der Waals surface area contributed by atoms with Gasteiger partial charge in [0.05, 0.1) is 32.6 Å². The number of methoxy groups -OCH3 is 3. The summed E-state index contributed by atoms with van der Waals surface area (Å²) in [4.78, 5) is 12.6. The Labute approximate surface area is 170 Å². The van der Waals surface area contributed by atoms with Crippen molar-refractivity contribution in [2.24, 2.45) is 0 Å². The Hall–Kier alpha value is -3.62. The molecule has 0 saturated carbocycles. The molecule has 0 unspecified atom stereocenters. The van der Waals surface area contributed by atoms with Gasteiger partial charge >= 0.3 is 6.18 Å². The van der Waals surface area contributed by atoms with E-state index >= 15 is 0 Å². The van der Waals surface area contributed by atoms with E-state index in [0.29, 0.717) is 22.9 Å². The minimum Gasteiger partial charge on any atom is -0.493 e. The van der Waals surface area contributed by atoms with Gasteiger partial charge < -0.3 is 19.5 Å². The van der Waals surface area contributed by atoms with Gasteiger partial charge in [-0.05, 0) is 24.3 Å². The highest BCUT2D eigenvalue weighted by molar-refractivity contribution is 5.63. The molecule has 1 N–H and O–H groups in total. The number of hydrogen-bond acceptors (Lipinski definition) is 5. The molecule has 0 bridgehead atoms. The summed E-state index contributed by atoms with van der Waals surface area (Å²) in [7, 11) is 4.34. The fourth-order valence-corrected chi connectivity index (χ4v) is 2.97. The van der Waals surface area contributed by atoms with Crippen LogP contribution < -0.4 is 25.1 Å². The van der Waals surface area contributed by atoms with Crippen LogP contribution in [0.2, 0.25) is 0 Å². The van der Waals surface area contributed by atoms with Gasteiger partial charge in [-0.3, -0.25) is 9.36 Å². The van der Waals surface area contributed by atoms with Crippen molar-refractivity contribution < 1.29 is 27.4 Å². The second kappa shape index (κ2) is 8.40. The van der Waals surface area contributed by atoms with Crippen molar-refractivity contribution in [3.05, 3.63) is 70.5 Å². The first kappa shape index (κ1) is 21.1. The molecule has 0 aliphatic carbocycles. The summed E-state index contributed by atoms with van der Waals surface area (Å²) in [6, 6.07) is 12.3. The molecule has 9 heteroatoms. The lowest BCUT2D eigenvalue weighted by atomic mass is 10.2. The molecular formula is C21H19F3N2O4. The first-order valence-electron chi connectivity index (χ1n) is 8.75. The normalized spacial score (nSPS) is 11.1. The summed E-state index contributed by atoms with van der Waals surface area (Å²) < 4.78 is 56.3. The molecule has 2 aromatic carbocycles. The van der Waals surface area contributed by atoms with E-state index in [4.69, 9.17) is 14.2 Å². The predicted octanol–water partition coefficient (Wildman–Crippen LogP) is 4.63. The Morgan fingerprint density at radius 2 is 1.50 bits per heavy atom. The van der Waals surface area contributed by atoms with Crippen LogP contribution in [0.4, 0.5) is 24.7 Å². The van der Waals surface area contributed by atoms with Gasteiger partial charge in [0.25, 0.3) is 5.56 Å². The third-order valence-corrected chi connectivity index (χ3v) is 4.32. The van der Waals surface area contributed by atoms with Crippen LogP contribution in [0.3, 0.4) is 0 Å². The molecular weight excluding hydrogens is 401 g/mol. The number of ether oxygens (including phenoxy) is 3. The zero-order chi connectivity index (χ0) is 21.9. The van der Waals surface area contributed by atoms with Crippen molar-refractivity contribution in [3.8, 4) is 22.9 Å². The Bertz CT molecular complexity index is 1080. The van der Waals surface area contributed by atoms with Crippen molar-refractivity contribution >= 4 is 11.5 Å². The Morgan fingerprint density at radius 3 is 2.07 bits per heavy atom. The average molecular weight is 420 g/mol. The molecule has 0 fully saturated rings. The average Bonchev–Trinajstić information content (AvgIpc) is 2.72. The molecule has 1 heterocycles. The lowest BCUT2D eigenvalue weighted by Gasteiger charge is -2.18. The van der Waals surface area contributed by atoms with E-state index in [2.05, 4.69) is 5.32 Å². The minimum absolute atomic E-state index is 0.177. The summed E-state index contributed by atoms with van der Waals surface area (Å²) in [5.74, 6) is 1.26. The summed E-state index contributed by atoms with van der Waals surface area (Å²) in [5.41, 5.74) is -0.646. The molecule has 1 aromatic heterocycles. The third kappa shape index (κ3) is 4.19. The highest BCUT2D eigenvalue weighted by Gasteiger charge is 2.30. The van der Waals surface area contributed by atoms with Crippen molar-refractivity contribution in [2.45, 2.75) is 6.18 Å². The number of halogens is 3. The van der Waals surface area contributed by atoms with Gasteiger partial charge in [-0.25, -0.2) is 0 Å². The molecule has 0 aliphatic rings. The number of pyridine rings is 1. The van der Waals surface area contributed by atoms with E-state index in [-0.39, 0.29) is 11.5 Å². The van der Waals surface area contributed by atoms with Crippen molar-refractivity contribution in [3.63, 3.8) is 0 Å². The topological polar surface area (TPSA) is 61.7 Å². The van der Waals surface area contributed by atoms with Crippen molar-refractivity contribution in [1.82, 2.24) is 4.57 Å². The van der Waals surface area contributed by atoms with Gasteiger partial charge in [0, 0.05) is 23.9 Å². The van der Waals surface area contributed by atoms with Crippen LogP contribution in [0.5, 0.6) is 17.2 Å². The quantitative estimate of drug-likeness (QED) is 0.630. The number of aromatic nitrogens is 1. The largest absolute Gasteiger partial charge is 0.493 e. The standard InChI is InChI=1S/C21H19F3N2O4/c1-28-16-11-15(12-17(29-2)20(16)30-3)26-18(8-5-9-19(26)27)25-14-7-4-6-13(10-14)21(22,23)24/h4-12,25H,1-3H3. The summed E-state index contributed by atoms with van der Waals surface area (Å²) in [5, 5.41) is 2.88. The summed E-state index contributed by atoms with van der Waals surface area (Å²) in [6.45, 7) is 0. The number of hydrogen-bond donors (Lipinski definition) is 1. The van der Waals surface area contributed by atoms with E-state index < -0.39 is 17.3 Å². The molecule has 0 saturated heterocycles. The Morgan fingerprint density at radius 1 is 0.867 bits per heavy atom. The van der Waals surface area contributed by atoms with Gasteiger partial charge in [-0.15, -0.1) is 0 Å². The minimum atomic E-state index is -4.48. The number of rotatable bonds is 6. The van der Waals surface area contributed by atoms with Crippen LogP contribution in [-0.4, -0.2) is 25.9 Å². The molecule has 3 rings (SSSR count). The van der Waals surface area contributed by atoms with Crippen LogP contribution in [0.15, 0.2) is 59.4 Å². The molecule has 0 spiro atoms. The zero-order valence-corrected chi connectivity index (χ0v) is 16.4. The Kier molecular flexibility index (Phi) is 5.91. The lowest BCUT2D eigenvalue weighted by molar-refractivity contribution is -0.137. The molecule has 6 nitrogen and oxygen atoms in total. The maximum Gasteiger partial charge on any atom is 0.416 e. The highest BCUT2D eigenvalue weighted by atomic mass is 19.4. The molecule has 3 aromatic rings. The molecule has 0 radical (unpaired) electrons. The highest BCUT2D eigenvalue weighted by Crippen LogP contribution is 2.39. The maximum absolute atomic E-state index is 13.0. The first-order chi connectivity index (χ1) is 14.3.